The van der Waals surface area contributed by atoms with Crippen molar-refractivity contribution in [3.63, 3.8) is 0 Å². The Hall–Kier alpha value is -8.12. The monoisotopic (exact) mass is 930 g/mol. The van der Waals surface area contributed by atoms with Crippen LogP contribution < -0.4 is 9.80 Å². The van der Waals surface area contributed by atoms with Gasteiger partial charge in [0.1, 0.15) is 16.3 Å². The third-order valence-corrected chi connectivity index (χ3v) is 15.0. The molecule has 4 heterocycles. The van der Waals surface area contributed by atoms with Gasteiger partial charge >= 0.3 is 0 Å². The van der Waals surface area contributed by atoms with Crippen LogP contribution in [0, 0.1) is 29.1 Å². The van der Waals surface area contributed by atoms with Crippen LogP contribution in [0.15, 0.2) is 188 Å². The Morgan fingerprint density at radius 2 is 1.01 bits per heavy atom. The highest BCUT2D eigenvalue weighted by atomic mass is 32.1. The second kappa shape index (κ2) is 15.5. The van der Waals surface area contributed by atoms with Crippen LogP contribution in [0.3, 0.4) is 0 Å². The van der Waals surface area contributed by atoms with E-state index >= 15 is 17.6 Å². The van der Waals surface area contributed by atoms with E-state index in [1.165, 1.54) is 37.7 Å². The molecule has 0 radical (unpaired) electrons. The summed E-state index contributed by atoms with van der Waals surface area (Å²) in [7, 11) is 0. The van der Waals surface area contributed by atoms with Gasteiger partial charge in [0, 0.05) is 81.1 Å². The normalized spacial score (nSPS) is 11.9. The topological polar surface area (TPSA) is 24.3 Å². The average molecular weight is 931 g/mol. The Bertz CT molecular complexity index is 4170. The fraction of sp³-hybridized carbons (Fsp3) is 0. The number of hydrogen-bond acceptors (Lipinski definition) is 5. The second-order valence-electron chi connectivity index (χ2n) is 16.6. The van der Waals surface area contributed by atoms with Gasteiger partial charge in [-0.15, -0.1) is 22.7 Å². The summed E-state index contributed by atoms with van der Waals surface area (Å²) < 4.78 is 81.8. The molecule has 0 aliphatic carbocycles. The lowest BCUT2D eigenvalue weighted by Gasteiger charge is -2.26. The van der Waals surface area contributed by atoms with Crippen molar-refractivity contribution in [2.45, 2.75) is 0 Å². The number of fused-ring (bicyclic) bond motifs is 10. The maximum absolute atomic E-state index is 15.9. The third-order valence-electron chi connectivity index (χ3n) is 12.7. The molecule has 0 bridgehead atoms. The van der Waals surface area contributed by atoms with E-state index in [2.05, 4.69) is 118 Å². The summed E-state index contributed by atoms with van der Waals surface area (Å²) >= 11 is 3.25. The predicted octanol–water partition coefficient (Wildman–Crippen LogP) is 17.7. The number of benzene rings is 9. The summed E-state index contributed by atoms with van der Waals surface area (Å²) in [6, 6.07) is 60.4. The minimum atomic E-state index is -2.24. The number of hydrogen-bond donors (Lipinski definition) is 0. The molecule has 0 spiro atoms. The number of halogens is 5. The molecule has 0 saturated heterocycles. The van der Waals surface area contributed by atoms with Gasteiger partial charge < -0.3 is 9.47 Å². The predicted molar refractivity (Wildman–Crippen MR) is 271 cm³/mol. The molecule has 0 saturated carbocycles. The summed E-state index contributed by atoms with van der Waals surface area (Å²) in [5, 5.41) is 8.72. The number of pyridine rings is 1. The van der Waals surface area contributed by atoms with E-state index in [9.17, 15) is 4.39 Å². The Morgan fingerprint density at radius 3 is 1.81 bits per heavy atom. The van der Waals surface area contributed by atoms with Crippen molar-refractivity contribution in [2.24, 2.45) is 0 Å². The molecule has 0 aliphatic heterocycles. The van der Waals surface area contributed by atoms with Gasteiger partial charge in [-0.3, -0.25) is 4.90 Å². The van der Waals surface area contributed by atoms with E-state index in [1.807, 2.05) is 48.5 Å². The fourth-order valence-corrected chi connectivity index (χ4v) is 12.0. The van der Waals surface area contributed by atoms with Gasteiger partial charge in [-0.1, -0.05) is 103 Å². The van der Waals surface area contributed by atoms with E-state index in [0.29, 0.717) is 5.39 Å². The molecular formula is C57H31F5N4S2. The Kier molecular flexibility index (Phi) is 9.15. The zero-order chi connectivity index (χ0) is 45.8. The first-order valence-electron chi connectivity index (χ1n) is 21.7. The molecule has 4 nitrogen and oxygen atoms in total. The molecule has 13 rings (SSSR count). The molecule has 0 unspecified atom stereocenters. The lowest BCUT2D eigenvalue weighted by Crippen LogP contribution is -2.18. The fourth-order valence-electron chi connectivity index (χ4n) is 9.60. The quantitative estimate of drug-likeness (QED) is 0.0904. The maximum Gasteiger partial charge on any atom is 0.200 e. The van der Waals surface area contributed by atoms with Crippen molar-refractivity contribution >= 4 is 130 Å². The van der Waals surface area contributed by atoms with Gasteiger partial charge in [-0.2, -0.15) is 0 Å². The molecule has 0 fully saturated rings. The van der Waals surface area contributed by atoms with Crippen LogP contribution in [-0.4, -0.2) is 9.55 Å². The van der Waals surface area contributed by atoms with E-state index in [-0.39, 0.29) is 11.5 Å². The first-order chi connectivity index (χ1) is 33.3. The highest BCUT2D eigenvalue weighted by Gasteiger charge is 2.32. The number of rotatable bonds is 7. The van der Waals surface area contributed by atoms with Gasteiger partial charge in [0.25, 0.3) is 0 Å². The molecule has 0 atom stereocenters. The molecule has 0 aliphatic rings. The lowest BCUT2D eigenvalue weighted by molar-refractivity contribution is 0.380. The average Bonchev–Trinajstić information content (AvgIpc) is 4.04. The second-order valence-corrected chi connectivity index (χ2v) is 18.7. The van der Waals surface area contributed by atoms with Crippen LogP contribution in [0.25, 0.3) is 78.6 Å². The van der Waals surface area contributed by atoms with Crippen molar-refractivity contribution in [2.75, 3.05) is 9.80 Å². The highest BCUT2D eigenvalue weighted by molar-refractivity contribution is 7.26. The zero-order valence-corrected chi connectivity index (χ0v) is 37.0. The third kappa shape index (κ3) is 6.19. The van der Waals surface area contributed by atoms with Crippen LogP contribution in [0.1, 0.15) is 0 Å². The number of para-hydroxylation sites is 1. The van der Waals surface area contributed by atoms with Gasteiger partial charge in [-0.25, -0.2) is 26.9 Å². The summed E-state index contributed by atoms with van der Waals surface area (Å²) in [5.74, 6) is -10.3. The van der Waals surface area contributed by atoms with E-state index in [0.717, 1.165) is 75.0 Å². The minimum absolute atomic E-state index is 0.0275. The molecular weight excluding hydrogens is 900 g/mol. The van der Waals surface area contributed by atoms with Crippen molar-refractivity contribution < 1.29 is 22.0 Å². The maximum atomic E-state index is 15.9. The van der Waals surface area contributed by atoms with Gasteiger partial charge in [0.2, 0.25) is 5.82 Å². The minimum Gasteiger partial charge on any atom is -0.310 e. The summed E-state index contributed by atoms with van der Waals surface area (Å²) in [6.07, 6.45) is 1.51. The zero-order valence-electron chi connectivity index (χ0n) is 35.4. The van der Waals surface area contributed by atoms with Crippen LogP contribution in [0.2, 0.25) is 0 Å². The van der Waals surface area contributed by atoms with E-state index < -0.39 is 34.8 Å². The van der Waals surface area contributed by atoms with Crippen LogP contribution >= 0.6 is 22.7 Å². The molecule has 68 heavy (non-hydrogen) atoms. The van der Waals surface area contributed by atoms with E-state index in [4.69, 9.17) is 0 Å². The smallest absolute Gasteiger partial charge is 0.200 e. The number of thiophene rings is 2. The molecule has 0 N–H and O–H groups in total. The SMILES string of the molecule is Fc1c(F)c(F)c(N(c2ccc3c(c2)sc2c3c3ccc(N(c4ccccc4)c4ccc5sc6ccccc6c5c4)cc3n2-c2ccc3ccccc3c2)c2cc3ccccc3cn2)c(F)c1F. The molecule has 4 aromatic heterocycles. The van der Waals surface area contributed by atoms with Gasteiger partial charge in [-0.05, 0) is 95.0 Å². The number of nitrogens with zero attached hydrogens (tertiary/aromatic N) is 4. The first-order valence-corrected chi connectivity index (χ1v) is 23.3. The van der Waals surface area contributed by atoms with Crippen molar-refractivity contribution in [3.8, 4) is 5.69 Å². The summed E-state index contributed by atoms with van der Waals surface area (Å²) in [5.41, 5.74) is 3.86. The Labute approximate surface area is 392 Å². The molecule has 326 valence electrons. The summed E-state index contributed by atoms with van der Waals surface area (Å²) in [4.78, 5) is 8.68. The van der Waals surface area contributed by atoms with Crippen LogP contribution in [-0.2, 0) is 0 Å². The van der Waals surface area contributed by atoms with Crippen molar-refractivity contribution in [1.29, 1.82) is 0 Å². The molecule has 9 aromatic carbocycles. The Morgan fingerprint density at radius 1 is 0.397 bits per heavy atom. The molecule has 11 heteroatoms. The standard InChI is InChI=1S/C57H31F5N4S2/c58-51-52(59)54(61)56(55(62)53(51)60)66(49-27-34-12-6-7-13-35(34)31-63-49)40-21-24-43-48(30-40)68-57-50(43)42-23-20-39(29-45(42)65(57)37-19-18-32-10-4-5-11-33(32)26-37)64(36-14-2-1-3-15-36)38-22-25-47-44(28-38)41-16-8-9-17-46(41)67-47/h1-31H. The molecule has 0 amide bonds. The first kappa shape index (κ1) is 40.2. The number of aromatic nitrogens is 2. The van der Waals surface area contributed by atoms with Gasteiger partial charge in [0.15, 0.2) is 23.3 Å². The Balaban J connectivity index is 1.04. The van der Waals surface area contributed by atoms with E-state index in [1.54, 1.807) is 41.7 Å². The van der Waals surface area contributed by atoms with Gasteiger partial charge in [0.05, 0.1) is 5.52 Å². The summed E-state index contributed by atoms with van der Waals surface area (Å²) in [6.45, 7) is 0. The van der Waals surface area contributed by atoms with Crippen LogP contribution in [0.5, 0.6) is 0 Å². The highest BCUT2D eigenvalue weighted by Crippen LogP contribution is 2.48. The number of anilines is 6. The van der Waals surface area contributed by atoms with Crippen LogP contribution in [0.4, 0.5) is 56.2 Å². The lowest BCUT2D eigenvalue weighted by atomic mass is 10.1. The largest absolute Gasteiger partial charge is 0.310 e. The van der Waals surface area contributed by atoms with Crippen molar-refractivity contribution in [1.82, 2.24) is 9.55 Å². The van der Waals surface area contributed by atoms with Crippen molar-refractivity contribution in [3.05, 3.63) is 217 Å². The molecule has 13 aromatic rings.